The Hall–Kier alpha value is -0.0600. The number of hydrogen-bond donors (Lipinski definition) is 0. The van der Waals surface area contributed by atoms with E-state index in [1.807, 2.05) is 12.1 Å². The lowest BCUT2D eigenvalue weighted by atomic mass is 9.93. The van der Waals surface area contributed by atoms with Crippen molar-refractivity contribution in [1.29, 1.82) is 0 Å². The standard InChI is InChI=1S/C11H21NO2S/c1-5-6-15-11(13)9-7-14-12(4)10(9)8(2)3/h8-10H,5-7H2,1-4H3/t9-,10+/m0/s1. The molecule has 1 rings (SSSR count). The maximum Gasteiger partial charge on any atom is 0.196 e. The summed E-state index contributed by atoms with van der Waals surface area (Å²) in [5, 5.41) is 2.14. The lowest BCUT2D eigenvalue weighted by Gasteiger charge is -2.24. The Labute approximate surface area is 96.5 Å². The first kappa shape index (κ1) is 13.0. The van der Waals surface area contributed by atoms with E-state index in [0.29, 0.717) is 17.6 Å². The Morgan fingerprint density at radius 3 is 2.80 bits per heavy atom. The van der Waals surface area contributed by atoms with Crippen molar-refractivity contribution in [3.05, 3.63) is 0 Å². The number of nitrogens with zero attached hydrogens (tertiary/aromatic N) is 1. The van der Waals surface area contributed by atoms with Gasteiger partial charge >= 0.3 is 0 Å². The van der Waals surface area contributed by atoms with E-state index < -0.39 is 0 Å². The van der Waals surface area contributed by atoms with Gasteiger partial charge in [-0.3, -0.25) is 9.63 Å². The molecule has 0 bridgehead atoms. The highest BCUT2D eigenvalue weighted by Gasteiger charge is 2.39. The van der Waals surface area contributed by atoms with E-state index in [-0.39, 0.29) is 12.0 Å². The monoisotopic (exact) mass is 231 g/mol. The van der Waals surface area contributed by atoms with Crippen molar-refractivity contribution in [2.24, 2.45) is 11.8 Å². The van der Waals surface area contributed by atoms with Crippen LogP contribution in [0, 0.1) is 11.8 Å². The van der Waals surface area contributed by atoms with E-state index in [1.54, 1.807) is 0 Å². The van der Waals surface area contributed by atoms with E-state index in [2.05, 4.69) is 20.8 Å². The molecular weight excluding hydrogens is 210 g/mol. The van der Waals surface area contributed by atoms with Gasteiger partial charge in [0, 0.05) is 12.8 Å². The third-order valence-corrected chi connectivity index (χ3v) is 3.92. The predicted molar refractivity (Wildman–Crippen MR) is 63.6 cm³/mol. The number of hydroxylamine groups is 2. The highest BCUT2D eigenvalue weighted by molar-refractivity contribution is 8.13. The van der Waals surface area contributed by atoms with Gasteiger partial charge < -0.3 is 0 Å². The van der Waals surface area contributed by atoms with Gasteiger partial charge in [-0.25, -0.2) is 0 Å². The van der Waals surface area contributed by atoms with Crippen LogP contribution < -0.4 is 0 Å². The van der Waals surface area contributed by atoms with E-state index in [4.69, 9.17) is 4.84 Å². The van der Waals surface area contributed by atoms with Gasteiger partial charge in [-0.2, -0.15) is 5.06 Å². The van der Waals surface area contributed by atoms with Gasteiger partial charge in [-0.15, -0.1) is 0 Å². The quantitative estimate of drug-likeness (QED) is 0.741. The SMILES string of the molecule is CCCSC(=O)[C@H]1CON(C)[C@@H]1C(C)C. The molecule has 88 valence electrons. The fourth-order valence-electron chi connectivity index (χ4n) is 2.04. The van der Waals surface area contributed by atoms with Crippen molar-refractivity contribution in [3.63, 3.8) is 0 Å². The first-order valence-electron chi connectivity index (χ1n) is 5.60. The first-order chi connectivity index (χ1) is 7.07. The summed E-state index contributed by atoms with van der Waals surface area (Å²) in [6.07, 6.45) is 1.05. The van der Waals surface area contributed by atoms with E-state index in [0.717, 1.165) is 12.2 Å². The van der Waals surface area contributed by atoms with Crippen LogP contribution in [0.4, 0.5) is 0 Å². The second-order valence-electron chi connectivity index (χ2n) is 4.35. The van der Waals surface area contributed by atoms with Crippen LogP contribution >= 0.6 is 11.8 Å². The molecule has 0 N–H and O–H groups in total. The Bertz CT molecular complexity index is 221. The van der Waals surface area contributed by atoms with Crippen LogP contribution in [0.3, 0.4) is 0 Å². The zero-order valence-corrected chi connectivity index (χ0v) is 10.8. The Morgan fingerprint density at radius 1 is 1.60 bits per heavy atom. The predicted octanol–water partition coefficient (Wildman–Crippen LogP) is 2.17. The molecule has 15 heavy (non-hydrogen) atoms. The molecule has 0 unspecified atom stereocenters. The Kier molecular flexibility index (Phi) is 5.09. The fraction of sp³-hybridized carbons (Fsp3) is 0.909. The smallest absolute Gasteiger partial charge is 0.196 e. The maximum absolute atomic E-state index is 11.9. The normalized spacial score (nSPS) is 27.5. The van der Waals surface area contributed by atoms with Crippen LogP contribution in [0.15, 0.2) is 0 Å². The third-order valence-electron chi connectivity index (χ3n) is 2.72. The van der Waals surface area contributed by atoms with Crippen LogP contribution in [0.2, 0.25) is 0 Å². The van der Waals surface area contributed by atoms with Crippen LogP contribution in [0.25, 0.3) is 0 Å². The first-order valence-corrected chi connectivity index (χ1v) is 6.58. The summed E-state index contributed by atoms with van der Waals surface area (Å²) in [6, 6.07) is 0.238. The van der Waals surface area contributed by atoms with Gasteiger partial charge in [0.25, 0.3) is 0 Å². The Morgan fingerprint density at radius 2 is 2.27 bits per heavy atom. The lowest BCUT2D eigenvalue weighted by molar-refractivity contribution is -0.118. The molecule has 0 aromatic carbocycles. The average Bonchev–Trinajstić information content (AvgIpc) is 2.56. The van der Waals surface area contributed by atoms with Crippen molar-refractivity contribution < 1.29 is 9.63 Å². The molecule has 0 aromatic rings. The fourth-order valence-corrected chi connectivity index (χ4v) is 2.86. The highest BCUT2D eigenvalue weighted by atomic mass is 32.2. The maximum atomic E-state index is 11.9. The zero-order valence-electron chi connectivity index (χ0n) is 10.0. The van der Waals surface area contributed by atoms with Gasteiger partial charge in [0.05, 0.1) is 18.6 Å². The van der Waals surface area contributed by atoms with E-state index >= 15 is 0 Å². The molecule has 1 aliphatic heterocycles. The molecule has 1 saturated heterocycles. The van der Waals surface area contributed by atoms with Crippen LogP contribution in [0.5, 0.6) is 0 Å². The second-order valence-corrected chi connectivity index (χ2v) is 5.45. The average molecular weight is 231 g/mol. The summed E-state index contributed by atoms with van der Waals surface area (Å²) in [7, 11) is 1.92. The molecular formula is C11H21NO2S. The van der Waals surface area contributed by atoms with Crippen molar-refractivity contribution in [3.8, 4) is 0 Å². The minimum Gasteiger partial charge on any atom is -0.298 e. The summed E-state index contributed by atoms with van der Waals surface area (Å²) in [5.74, 6) is 1.42. The summed E-state index contributed by atoms with van der Waals surface area (Å²) in [4.78, 5) is 17.4. The van der Waals surface area contributed by atoms with Gasteiger partial charge in [0.15, 0.2) is 5.12 Å². The van der Waals surface area contributed by atoms with Crippen molar-refractivity contribution in [2.75, 3.05) is 19.4 Å². The molecule has 1 heterocycles. The minimum absolute atomic E-state index is 0.0477. The lowest BCUT2D eigenvalue weighted by Crippen LogP contribution is -2.36. The molecule has 0 aromatic heterocycles. The molecule has 0 spiro atoms. The summed E-state index contributed by atoms with van der Waals surface area (Å²) >= 11 is 1.45. The number of hydrogen-bond acceptors (Lipinski definition) is 4. The summed E-state index contributed by atoms with van der Waals surface area (Å²) in [5.41, 5.74) is 0. The number of carbonyl (C=O) groups is 1. The molecule has 1 fully saturated rings. The molecule has 1 aliphatic rings. The van der Waals surface area contributed by atoms with Crippen molar-refractivity contribution in [1.82, 2.24) is 5.06 Å². The minimum atomic E-state index is 0.0477. The zero-order chi connectivity index (χ0) is 11.4. The summed E-state index contributed by atoms with van der Waals surface area (Å²) in [6.45, 7) is 6.92. The molecule has 4 heteroatoms. The second kappa shape index (κ2) is 5.87. The number of thioether (sulfide) groups is 1. The highest BCUT2D eigenvalue weighted by Crippen LogP contribution is 2.29. The van der Waals surface area contributed by atoms with Gasteiger partial charge in [0.1, 0.15) is 0 Å². The Balaban J connectivity index is 2.56. The largest absolute Gasteiger partial charge is 0.298 e. The van der Waals surface area contributed by atoms with Crippen LogP contribution in [0.1, 0.15) is 27.2 Å². The van der Waals surface area contributed by atoms with Gasteiger partial charge in [0.2, 0.25) is 0 Å². The molecule has 0 saturated carbocycles. The van der Waals surface area contributed by atoms with E-state index in [9.17, 15) is 4.79 Å². The summed E-state index contributed by atoms with van der Waals surface area (Å²) < 4.78 is 0. The molecule has 0 amide bonds. The van der Waals surface area contributed by atoms with Crippen molar-refractivity contribution in [2.45, 2.75) is 33.2 Å². The molecule has 0 aliphatic carbocycles. The van der Waals surface area contributed by atoms with Crippen molar-refractivity contribution >= 4 is 16.9 Å². The van der Waals surface area contributed by atoms with Crippen LogP contribution in [-0.4, -0.2) is 35.6 Å². The number of carbonyl (C=O) groups excluding carboxylic acids is 1. The van der Waals surface area contributed by atoms with Crippen LogP contribution in [-0.2, 0) is 9.63 Å². The molecule has 0 radical (unpaired) electrons. The molecule has 2 atom stereocenters. The van der Waals surface area contributed by atoms with E-state index in [1.165, 1.54) is 11.8 Å². The third kappa shape index (κ3) is 3.20. The van der Waals surface area contributed by atoms with Gasteiger partial charge in [-0.05, 0) is 12.3 Å². The van der Waals surface area contributed by atoms with Gasteiger partial charge in [-0.1, -0.05) is 32.5 Å². The molecule has 3 nitrogen and oxygen atoms in total. The topological polar surface area (TPSA) is 29.5 Å². The number of rotatable bonds is 4.